The second-order valence-electron chi connectivity index (χ2n) is 4.89. The second-order valence-corrected chi connectivity index (χ2v) is 5.30. The molecule has 0 spiro atoms. The van der Waals surface area contributed by atoms with Crippen molar-refractivity contribution in [3.8, 4) is 0 Å². The van der Waals surface area contributed by atoms with E-state index < -0.39 is 0 Å². The third-order valence-corrected chi connectivity index (χ3v) is 2.88. The Kier molecular flexibility index (Phi) is 3.53. The fourth-order valence-electron chi connectivity index (χ4n) is 2.22. The van der Waals surface area contributed by atoms with Crippen molar-refractivity contribution in [2.45, 2.75) is 39.7 Å². The van der Waals surface area contributed by atoms with Crippen molar-refractivity contribution in [2.24, 2.45) is 5.41 Å². The second kappa shape index (κ2) is 4.30. The van der Waals surface area contributed by atoms with Crippen molar-refractivity contribution in [1.29, 1.82) is 0 Å². The zero-order valence-corrected chi connectivity index (χ0v) is 10.3. The van der Waals surface area contributed by atoms with Gasteiger partial charge in [0.2, 0.25) is 0 Å². The zero-order valence-electron chi connectivity index (χ0n) is 9.48. The first-order valence-corrected chi connectivity index (χ1v) is 5.49. The van der Waals surface area contributed by atoms with Crippen molar-refractivity contribution < 1.29 is 0 Å². The highest BCUT2D eigenvalue weighted by molar-refractivity contribution is 7.80. The third-order valence-electron chi connectivity index (χ3n) is 2.56. The maximum atomic E-state index is 5.10. The Morgan fingerprint density at radius 2 is 2.21 bits per heavy atom. The summed E-state index contributed by atoms with van der Waals surface area (Å²) in [6.45, 7) is 6.80. The van der Waals surface area contributed by atoms with Gasteiger partial charge in [-0.1, -0.05) is 25.5 Å². The molecule has 1 aliphatic rings. The lowest BCUT2D eigenvalue weighted by molar-refractivity contribution is 0.293. The van der Waals surface area contributed by atoms with Gasteiger partial charge in [-0.25, -0.2) is 0 Å². The summed E-state index contributed by atoms with van der Waals surface area (Å²) in [5.74, 6) is 0. The van der Waals surface area contributed by atoms with Crippen LogP contribution in [0.5, 0.6) is 0 Å². The van der Waals surface area contributed by atoms with E-state index in [2.05, 4.69) is 37.5 Å². The van der Waals surface area contributed by atoms with Crippen molar-refractivity contribution in [1.82, 2.24) is 10.6 Å². The summed E-state index contributed by atoms with van der Waals surface area (Å²) in [5.41, 5.74) is 1.84. The minimum atomic E-state index is 0.388. The first-order valence-electron chi connectivity index (χ1n) is 5.08. The minimum absolute atomic E-state index is 0.388. The SMILES string of the molecule is CNC(=S)NC1C=C(C)CC(C)(C)C1. The van der Waals surface area contributed by atoms with Crippen LogP contribution in [0.4, 0.5) is 0 Å². The van der Waals surface area contributed by atoms with Crippen LogP contribution in [0, 0.1) is 5.41 Å². The van der Waals surface area contributed by atoms with Gasteiger partial charge in [0.05, 0.1) is 0 Å². The van der Waals surface area contributed by atoms with E-state index in [0.717, 1.165) is 11.5 Å². The smallest absolute Gasteiger partial charge is 0.166 e. The Morgan fingerprint density at radius 1 is 1.57 bits per heavy atom. The lowest BCUT2D eigenvalue weighted by Crippen LogP contribution is -2.43. The fraction of sp³-hybridized carbons (Fsp3) is 0.727. The Balaban J connectivity index is 2.62. The topological polar surface area (TPSA) is 24.1 Å². The lowest BCUT2D eigenvalue weighted by Gasteiger charge is -2.34. The van der Waals surface area contributed by atoms with Crippen molar-refractivity contribution in [3.05, 3.63) is 11.6 Å². The van der Waals surface area contributed by atoms with Gasteiger partial charge in [0, 0.05) is 13.1 Å². The van der Waals surface area contributed by atoms with E-state index in [1.807, 2.05) is 7.05 Å². The van der Waals surface area contributed by atoms with Crippen LogP contribution >= 0.6 is 12.2 Å². The summed E-state index contributed by atoms with van der Waals surface area (Å²) in [7, 11) is 1.85. The van der Waals surface area contributed by atoms with E-state index in [1.165, 1.54) is 12.0 Å². The first kappa shape index (κ1) is 11.5. The highest BCUT2D eigenvalue weighted by Gasteiger charge is 2.27. The summed E-state index contributed by atoms with van der Waals surface area (Å²) >= 11 is 5.10. The number of rotatable bonds is 1. The molecule has 3 heteroatoms. The number of thiocarbonyl (C=S) groups is 1. The number of nitrogens with one attached hydrogen (secondary N) is 2. The van der Waals surface area contributed by atoms with Gasteiger partial charge < -0.3 is 10.6 Å². The van der Waals surface area contributed by atoms with Gasteiger partial charge in [0.1, 0.15) is 0 Å². The largest absolute Gasteiger partial charge is 0.366 e. The van der Waals surface area contributed by atoms with E-state index in [0.29, 0.717) is 11.5 Å². The molecule has 2 N–H and O–H groups in total. The average Bonchev–Trinajstić information content (AvgIpc) is 1.99. The molecular formula is C11H20N2S. The normalized spacial score (nSPS) is 25.1. The molecule has 0 heterocycles. The molecule has 14 heavy (non-hydrogen) atoms. The van der Waals surface area contributed by atoms with Crippen LogP contribution in [0.1, 0.15) is 33.6 Å². The Hall–Kier alpha value is -0.570. The van der Waals surface area contributed by atoms with Gasteiger partial charge in [-0.05, 0) is 37.4 Å². The molecule has 1 rings (SSSR count). The highest BCUT2D eigenvalue weighted by Crippen LogP contribution is 2.34. The molecule has 0 bridgehead atoms. The highest BCUT2D eigenvalue weighted by atomic mass is 32.1. The number of hydrogen-bond acceptors (Lipinski definition) is 1. The maximum Gasteiger partial charge on any atom is 0.166 e. The Bertz CT molecular complexity index is 256. The lowest BCUT2D eigenvalue weighted by atomic mass is 9.76. The average molecular weight is 212 g/mol. The predicted molar refractivity (Wildman–Crippen MR) is 65.4 cm³/mol. The van der Waals surface area contributed by atoms with Crippen molar-refractivity contribution in [3.63, 3.8) is 0 Å². The van der Waals surface area contributed by atoms with Crippen LogP contribution in [0.25, 0.3) is 0 Å². The van der Waals surface area contributed by atoms with Crippen LogP contribution < -0.4 is 10.6 Å². The van der Waals surface area contributed by atoms with E-state index in [-0.39, 0.29) is 0 Å². The molecule has 0 saturated heterocycles. The standard InChI is InChI=1S/C11H20N2S/c1-8-5-9(13-10(14)12-4)7-11(2,3)6-8/h5,9H,6-7H2,1-4H3,(H2,12,13,14). The molecule has 0 fully saturated rings. The third kappa shape index (κ3) is 3.29. The fourth-order valence-corrected chi connectivity index (χ4v) is 2.37. The number of hydrogen-bond donors (Lipinski definition) is 2. The van der Waals surface area contributed by atoms with Crippen LogP contribution in [-0.4, -0.2) is 18.2 Å². The molecule has 0 aromatic carbocycles. The predicted octanol–water partition coefficient (Wildman–Crippen LogP) is 2.22. The van der Waals surface area contributed by atoms with Gasteiger partial charge in [-0.2, -0.15) is 0 Å². The summed E-state index contributed by atoms with van der Waals surface area (Å²) in [6.07, 6.45) is 4.62. The molecular weight excluding hydrogens is 192 g/mol. The molecule has 1 unspecified atom stereocenters. The molecule has 0 amide bonds. The first-order chi connectivity index (χ1) is 6.43. The van der Waals surface area contributed by atoms with E-state index in [4.69, 9.17) is 12.2 Å². The van der Waals surface area contributed by atoms with Crippen LogP contribution in [0.3, 0.4) is 0 Å². The molecule has 0 aromatic rings. The zero-order chi connectivity index (χ0) is 10.8. The molecule has 80 valence electrons. The summed E-state index contributed by atoms with van der Waals surface area (Å²) in [6, 6.07) is 0.388. The van der Waals surface area contributed by atoms with E-state index in [9.17, 15) is 0 Å². The van der Waals surface area contributed by atoms with Gasteiger partial charge in [-0.3, -0.25) is 0 Å². The van der Waals surface area contributed by atoms with Gasteiger partial charge in [-0.15, -0.1) is 0 Å². The molecule has 1 atom stereocenters. The molecule has 0 aromatic heterocycles. The van der Waals surface area contributed by atoms with Crippen LogP contribution in [0.15, 0.2) is 11.6 Å². The molecule has 1 aliphatic carbocycles. The minimum Gasteiger partial charge on any atom is -0.366 e. The van der Waals surface area contributed by atoms with Crippen LogP contribution in [-0.2, 0) is 0 Å². The van der Waals surface area contributed by atoms with Gasteiger partial charge in [0.15, 0.2) is 5.11 Å². The summed E-state index contributed by atoms with van der Waals surface area (Å²) in [5, 5.41) is 6.98. The van der Waals surface area contributed by atoms with Crippen molar-refractivity contribution >= 4 is 17.3 Å². The van der Waals surface area contributed by atoms with E-state index in [1.54, 1.807) is 0 Å². The number of allylic oxidation sites excluding steroid dienone is 1. The quantitative estimate of drug-likeness (QED) is 0.515. The molecule has 0 saturated carbocycles. The monoisotopic (exact) mass is 212 g/mol. The Morgan fingerprint density at radius 3 is 2.71 bits per heavy atom. The maximum absolute atomic E-state index is 5.10. The van der Waals surface area contributed by atoms with Crippen LogP contribution in [0.2, 0.25) is 0 Å². The van der Waals surface area contributed by atoms with Gasteiger partial charge in [0.25, 0.3) is 0 Å². The molecule has 0 aliphatic heterocycles. The van der Waals surface area contributed by atoms with Gasteiger partial charge >= 0.3 is 0 Å². The molecule has 0 radical (unpaired) electrons. The summed E-state index contributed by atoms with van der Waals surface area (Å²) in [4.78, 5) is 0. The molecule has 2 nitrogen and oxygen atoms in total. The summed E-state index contributed by atoms with van der Waals surface area (Å²) < 4.78 is 0. The Labute approximate surface area is 92.2 Å². The van der Waals surface area contributed by atoms with E-state index >= 15 is 0 Å². The van der Waals surface area contributed by atoms with Crippen molar-refractivity contribution in [2.75, 3.05) is 7.05 Å².